The highest BCUT2D eigenvalue weighted by Crippen LogP contribution is 2.17. The molecule has 4 heteroatoms. The third-order valence-corrected chi connectivity index (χ3v) is 10.1. The van der Waals surface area contributed by atoms with Crippen LogP contribution in [0.3, 0.4) is 0 Å². The summed E-state index contributed by atoms with van der Waals surface area (Å²) in [5.74, 6) is -0.0316. The number of amides is 1. The Morgan fingerprint density at radius 1 is 0.435 bits per heavy atom. The fourth-order valence-corrected chi connectivity index (χ4v) is 6.83. The average molecular weight is 652 g/mol. The van der Waals surface area contributed by atoms with Gasteiger partial charge in [-0.3, -0.25) is 4.79 Å². The smallest absolute Gasteiger partial charge is 0.220 e. The Morgan fingerprint density at radius 2 is 0.696 bits per heavy atom. The summed E-state index contributed by atoms with van der Waals surface area (Å²) >= 11 is 0. The predicted molar refractivity (Wildman–Crippen MR) is 203 cm³/mol. The molecule has 0 aromatic heterocycles. The maximum atomic E-state index is 12.3. The number of unbranched alkanes of at least 4 members (excludes halogenated alkanes) is 32. The van der Waals surface area contributed by atoms with Gasteiger partial charge in [0.15, 0.2) is 0 Å². The van der Waals surface area contributed by atoms with Crippen molar-refractivity contribution in [1.82, 2.24) is 5.32 Å². The predicted octanol–water partition coefficient (Wildman–Crippen LogP) is 12.9. The van der Waals surface area contributed by atoms with Crippen molar-refractivity contribution in [2.75, 3.05) is 6.61 Å². The largest absolute Gasteiger partial charge is 0.394 e. The number of rotatable bonds is 39. The van der Waals surface area contributed by atoms with Gasteiger partial charge < -0.3 is 15.5 Å². The molecule has 0 rings (SSSR count). The van der Waals surface area contributed by atoms with Crippen molar-refractivity contribution in [3.8, 4) is 0 Å². The van der Waals surface area contributed by atoms with E-state index in [1.54, 1.807) is 0 Å². The van der Waals surface area contributed by atoms with Crippen molar-refractivity contribution < 1.29 is 15.0 Å². The van der Waals surface area contributed by atoms with Crippen molar-refractivity contribution in [3.05, 3.63) is 0 Å². The lowest BCUT2D eigenvalue weighted by Crippen LogP contribution is -2.45. The molecule has 0 aliphatic rings. The number of carbonyl (C=O) groups is 1. The van der Waals surface area contributed by atoms with Gasteiger partial charge in [0, 0.05) is 6.42 Å². The van der Waals surface area contributed by atoms with Crippen LogP contribution in [0, 0.1) is 0 Å². The molecule has 3 N–H and O–H groups in total. The zero-order valence-corrected chi connectivity index (χ0v) is 31.6. The maximum Gasteiger partial charge on any atom is 0.220 e. The molecule has 0 spiro atoms. The van der Waals surface area contributed by atoms with Crippen LogP contribution in [0.15, 0.2) is 0 Å². The van der Waals surface area contributed by atoms with Crippen LogP contribution in [-0.4, -0.2) is 34.9 Å². The highest BCUT2D eigenvalue weighted by molar-refractivity contribution is 5.76. The topological polar surface area (TPSA) is 69.6 Å². The van der Waals surface area contributed by atoms with E-state index in [0.717, 1.165) is 25.7 Å². The van der Waals surface area contributed by atoms with Gasteiger partial charge in [-0.05, 0) is 12.8 Å². The molecule has 0 saturated carbocycles. The molecule has 0 radical (unpaired) electrons. The lowest BCUT2D eigenvalue weighted by atomic mass is 10.0. The monoisotopic (exact) mass is 652 g/mol. The lowest BCUT2D eigenvalue weighted by molar-refractivity contribution is -0.123. The first kappa shape index (κ1) is 45.4. The minimum absolute atomic E-state index is 0.0316. The zero-order valence-electron chi connectivity index (χ0n) is 31.6. The standard InChI is InChI=1S/C42H85NO3/c1-3-5-7-9-11-12-13-14-15-16-17-18-19-20-21-22-23-24-25-26-27-28-29-30-31-32-34-36-38-42(46)43-40(39-44)41(45)37-35-33-10-8-6-4-2/h40-41,44-45H,3-39H2,1-2H3,(H,43,46). The third kappa shape index (κ3) is 34.7. The third-order valence-electron chi connectivity index (χ3n) is 10.1. The molecule has 0 heterocycles. The Hall–Kier alpha value is -0.610. The minimum atomic E-state index is -0.649. The maximum absolute atomic E-state index is 12.3. The van der Waals surface area contributed by atoms with Crippen LogP contribution >= 0.6 is 0 Å². The second-order valence-electron chi connectivity index (χ2n) is 14.8. The number of carbonyl (C=O) groups excluding carboxylic acids is 1. The summed E-state index contributed by atoms with van der Waals surface area (Å²) in [6.07, 6.45) is 46.4. The molecule has 276 valence electrons. The Morgan fingerprint density at radius 3 is 0.978 bits per heavy atom. The van der Waals surface area contributed by atoms with Crippen molar-refractivity contribution in [2.24, 2.45) is 0 Å². The first-order valence-corrected chi connectivity index (χ1v) is 21.2. The Labute approximate surface area is 289 Å². The molecule has 0 aromatic carbocycles. The molecule has 0 saturated heterocycles. The van der Waals surface area contributed by atoms with E-state index < -0.39 is 12.1 Å². The van der Waals surface area contributed by atoms with Gasteiger partial charge in [-0.25, -0.2) is 0 Å². The van der Waals surface area contributed by atoms with Crippen LogP contribution in [0.2, 0.25) is 0 Å². The minimum Gasteiger partial charge on any atom is -0.394 e. The molecule has 0 fully saturated rings. The second kappa shape index (κ2) is 38.8. The molecular weight excluding hydrogens is 566 g/mol. The van der Waals surface area contributed by atoms with Gasteiger partial charge in [0.25, 0.3) is 0 Å². The number of nitrogens with one attached hydrogen (secondary N) is 1. The quantitative estimate of drug-likeness (QED) is 0.0579. The van der Waals surface area contributed by atoms with Crippen molar-refractivity contribution in [3.63, 3.8) is 0 Å². The van der Waals surface area contributed by atoms with Gasteiger partial charge in [0.1, 0.15) is 0 Å². The summed E-state index contributed by atoms with van der Waals surface area (Å²) in [5.41, 5.74) is 0. The SMILES string of the molecule is CCCCCCCCCCCCCCCCCCCCCCCCCCCCCCC(=O)NC(CO)C(O)CCCCCCCC. The van der Waals surface area contributed by atoms with E-state index >= 15 is 0 Å². The normalized spacial score (nSPS) is 12.9. The van der Waals surface area contributed by atoms with Gasteiger partial charge in [-0.1, -0.05) is 226 Å². The number of aliphatic hydroxyl groups excluding tert-OH is 2. The molecule has 0 aliphatic carbocycles. The highest BCUT2D eigenvalue weighted by Gasteiger charge is 2.19. The van der Waals surface area contributed by atoms with Crippen molar-refractivity contribution in [1.29, 1.82) is 0 Å². The molecule has 0 aliphatic heterocycles. The van der Waals surface area contributed by atoms with Gasteiger partial charge in [0.2, 0.25) is 5.91 Å². The summed E-state index contributed by atoms with van der Waals surface area (Å²) in [6.45, 7) is 4.32. The van der Waals surface area contributed by atoms with Crippen LogP contribution in [0.4, 0.5) is 0 Å². The molecule has 46 heavy (non-hydrogen) atoms. The molecule has 4 nitrogen and oxygen atoms in total. The Bertz CT molecular complexity index is 583. The Balaban J connectivity index is 3.32. The first-order valence-electron chi connectivity index (χ1n) is 21.2. The fraction of sp³-hybridized carbons (Fsp3) is 0.976. The van der Waals surface area contributed by atoms with E-state index in [-0.39, 0.29) is 12.5 Å². The molecular formula is C42H85NO3. The summed E-state index contributed by atoms with van der Waals surface area (Å²) in [4.78, 5) is 12.3. The fourth-order valence-electron chi connectivity index (χ4n) is 6.83. The van der Waals surface area contributed by atoms with Crippen LogP contribution in [0.5, 0.6) is 0 Å². The van der Waals surface area contributed by atoms with E-state index in [4.69, 9.17) is 0 Å². The highest BCUT2D eigenvalue weighted by atomic mass is 16.3. The van der Waals surface area contributed by atoms with Gasteiger partial charge in [-0.15, -0.1) is 0 Å². The van der Waals surface area contributed by atoms with Gasteiger partial charge in [0.05, 0.1) is 18.8 Å². The van der Waals surface area contributed by atoms with Crippen LogP contribution in [0.1, 0.15) is 245 Å². The molecule has 0 bridgehead atoms. The summed E-state index contributed by atoms with van der Waals surface area (Å²) in [7, 11) is 0. The van der Waals surface area contributed by atoms with Gasteiger partial charge >= 0.3 is 0 Å². The van der Waals surface area contributed by atoms with E-state index in [9.17, 15) is 15.0 Å². The summed E-state index contributed by atoms with van der Waals surface area (Å²) in [5, 5.41) is 22.8. The van der Waals surface area contributed by atoms with Gasteiger partial charge in [-0.2, -0.15) is 0 Å². The molecule has 2 unspecified atom stereocenters. The van der Waals surface area contributed by atoms with Crippen molar-refractivity contribution in [2.45, 2.75) is 257 Å². The lowest BCUT2D eigenvalue weighted by Gasteiger charge is -2.22. The molecule has 2 atom stereocenters. The molecule has 0 aromatic rings. The van der Waals surface area contributed by atoms with Crippen LogP contribution in [0.25, 0.3) is 0 Å². The van der Waals surface area contributed by atoms with Crippen LogP contribution in [-0.2, 0) is 4.79 Å². The number of hydrogen-bond donors (Lipinski definition) is 3. The number of hydrogen-bond acceptors (Lipinski definition) is 3. The van der Waals surface area contributed by atoms with E-state index in [1.807, 2.05) is 0 Å². The summed E-state index contributed by atoms with van der Waals surface area (Å²) < 4.78 is 0. The van der Waals surface area contributed by atoms with Crippen molar-refractivity contribution >= 4 is 5.91 Å². The molecule has 1 amide bonds. The first-order chi connectivity index (χ1) is 22.7. The van der Waals surface area contributed by atoms with E-state index in [0.29, 0.717) is 12.8 Å². The average Bonchev–Trinajstić information content (AvgIpc) is 3.06. The van der Waals surface area contributed by atoms with E-state index in [1.165, 1.54) is 193 Å². The zero-order chi connectivity index (χ0) is 33.6. The second-order valence-corrected chi connectivity index (χ2v) is 14.8. The number of aliphatic hydroxyl groups is 2. The van der Waals surface area contributed by atoms with E-state index in [2.05, 4.69) is 19.2 Å². The Kier molecular flexibility index (Phi) is 38.3. The summed E-state index contributed by atoms with van der Waals surface area (Å²) in [6, 6.07) is -0.526. The van der Waals surface area contributed by atoms with Crippen LogP contribution < -0.4 is 5.32 Å².